The van der Waals surface area contributed by atoms with Crippen LogP contribution >= 0.6 is 0 Å². The van der Waals surface area contributed by atoms with Crippen LogP contribution < -0.4 is 15.8 Å². The van der Waals surface area contributed by atoms with Crippen LogP contribution in [0.25, 0.3) is 11.0 Å². The number of morpholine rings is 1. The van der Waals surface area contributed by atoms with Gasteiger partial charge in [-0.1, -0.05) is 0 Å². The van der Waals surface area contributed by atoms with Crippen molar-refractivity contribution in [1.82, 2.24) is 0 Å². The predicted molar refractivity (Wildman–Crippen MR) is 114 cm³/mol. The van der Waals surface area contributed by atoms with Gasteiger partial charge in [0.05, 0.1) is 13.2 Å². The monoisotopic (exact) mass is 392 g/mol. The van der Waals surface area contributed by atoms with E-state index in [4.69, 9.17) is 9.15 Å². The Labute approximate surface area is 169 Å². The van der Waals surface area contributed by atoms with E-state index in [9.17, 15) is 9.59 Å². The second-order valence-electron chi connectivity index (χ2n) is 7.47. The standard InChI is InChI=1S/C23H24N2O4/c1-14-12-22(26)29-21-11-15(2)19(13-18(14)21)24-23(27)17-4-5-20(16(3)10-17)25-6-8-28-9-7-25/h4-5,10-13H,6-9H2,1-3H3,(H,24,27). The topological polar surface area (TPSA) is 71.8 Å². The SMILES string of the molecule is Cc1cc2oc(=O)cc(C)c2cc1NC(=O)c1ccc(N2CCOCC2)c(C)c1. The number of carbonyl (C=O) groups is 1. The van der Waals surface area contributed by atoms with Crippen molar-refractivity contribution < 1.29 is 13.9 Å². The first-order valence-corrected chi connectivity index (χ1v) is 9.72. The van der Waals surface area contributed by atoms with E-state index < -0.39 is 0 Å². The Kier molecular flexibility index (Phi) is 5.11. The van der Waals surface area contributed by atoms with Crippen LogP contribution in [0.1, 0.15) is 27.0 Å². The fourth-order valence-electron chi connectivity index (χ4n) is 3.75. The van der Waals surface area contributed by atoms with E-state index in [1.54, 1.807) is 6.07 Å². The molecule has 6 heteroatoms. The Morgan fingerprint density at radius 2 is 1.72 bits per heavy atom. The molecule has 0 atom stereocenters. The van der Waals surface area contributed by atoms with Gasteiger partial charge in [-0.2, -0.15) is 0 Å². The number of fused-ring (bicyclic) bond motifs is 1. The van der Waals surface area contributed by atoms with Crippen molar-refractivity contribution in [2.24, 2.45) is 0 Å². The minimum atomic E-state index is -0.373. The Balaban J connectivity index is 1.60. The number of carbonyl (C=O) groups excluding carboxylic acids is 1. The molecule has 29 heavy (non-hydrogen) atoms. The van der Waals surface area contributed by atoms with Crippen molar-refractivity contribution in [3.8, 4) is 0 Å². The van der Waals surface area contributed by atoms with Gasteiger partial charge in [-0.15, -0.1) is 0 Å². The summed E-state index contributed by atoms with van der Waals surface area (Å²) in [6, 6.07) is 10.9. The van der Waals surface area contributed by atoms with Gasteiger partial charge in [-0.3, -0.25) is 4.79 Å². The zero-order chi connectivity index (χ0) is 20.5. The van der Waals surface area contributed by atoms with Crippen LogP contribution in [0.3, 0.4) is 0 Å². The second kappa shape index (κ2) is 7.72. The molecule has 0 radical (unpaired) electrons. The number of anilines is 2. The first-order chi connectivity index (χ1) is 13.9. The third-order valence-corrected chi connectivity index (χ3v) is 5.36. The molecule has 4 rings (SSSR count). The summed E-state index contributed by atoms with van der Waals surface area (Å²) in [7, 11) is 0. The zero-order valence-electron chi connectivity index (χ0n) is 16.9. The maximum atomic E-state index is 12.9. The van der Waals surface area contributed by atoms with E-state index in [0.29, 0.717) is 16.8 Å². The lowest BCUT2D eigenvalue weighted by atomic mass is 10.1. The van der Waals surface area contributed by atoms with Crippen molar-refractivity contribution in [3.05, 3.63) is 69.1 Å². The van der Waals surface area contributed by atoms with Gasteiger partial charge in [0.25, 0.3) is 5.91 Å². The van der Waals surface area contributed by atoms with E-state index in [2.05, 4.69) is 10.2 Å². The molecule has 3 aromatic rings. The lowest BCUT2D eigenvalue weighted by Gasteiger charge is -2.30. The summed E-state index contributed by atoms with van der Waals surface area (Å²) in [5.74, 6) is -0.167. The van der Waals surface area contributed by atoms with Gasteiger partial charge in [0.1, 0.15) is 5.58 Å². The summed E-state index contributed by atoms with van der Waals surface area (Å²) >= 11 is 0. The van der Waals surface area contributed by atoms with Crippen molar-refractivity contribution in [2.45, 2.75) is 20.8 Å². The average molecular weight is 392 g/mol. The molecule has 2 aromatic carbocycles. The molecule has 1 N–H and O–H groups in total. The fourth-order valence-corrected chi connectivity index (χ4v) is 3.75. The molecular formula is C23H24N2O4. The fraction of sp³-hybridized carbons (Fsp3) is 0.304. The van der Waals surface area contributed by atoms with Crippen molar-refractivity contribution in [1.29, 1.82) is 0 Å². The molecule has 1 aliphatic heterocycles. The maximum absolute atomic E-state index is 12.9. The van der Waals surface area contributed by atoms with Gasteiger partial charge in [-0.05, 0) is 67.8 Å². The number of rotatable bonds is 3. The minimum Gasteiger partial charge on any atom is -0.423 e. The first kappa shape index (κ1) is 19.2. The summed E-state index contributed by atoms with van der Waals surface area (Å²) in [4.78, 5) is 26.7. The average Bonchev–Trinajstić information content (AvgIpc) is 2.69. The van der Waals surface area contributed by atoms with Crippen LogP contribution in [0.2, 0.25) is 0 Å². The molecular weight excluding hydrogens is 368 g/mol. The third-order valence-electron chi connectivity index (χ3n) is 5.36. The van der Waals surface area contributed by atoms with E-state index in [1.807, 2.05) is 45.0 Å². The van der Waals surface area contributed by atoms with Crippen molar-refractivity contribution in [2.75, 3.05) is 36.5 Å². The number of hydrogen-bond donors (Lipinski definition) is 1. The number of benzene rings is 2. The maximum Gasteiger partial charge on any atom is 0.336 e. The van der Waals surface area contributed by atoms with Crippen LogP contribution in [0.5, 0.6) is 0 Å². The molecule has 150 valence electrons. The number of ether oxygens (including phenoxy) is 1. The highest BCUT2D eigenvalue weighted by Crippen LogP contribution is 2.27. The molecule has 1 aliphatic rings. The number of nitrogens with zero attached hydrogens (tertiary/aromatic N) is 1. The minimum absolute atomic E-state index is 0.167. The van der Waals surface area contributed by atoms with E-state index in [-0.39, 0.29) is 11.5 Å². The Morgan fingerprint density at radius 1 is 0.966 bits per heavy atom. The number of aryl methyl sites for hydroxylation is 3. The number of nitrogens with one attached hydrogen (secondary N) is 1. The highest BCUT2D eigenvalue weighted by atomic mass is 16.5. The van der Waals surface area contributed by atoms with Gasteiger partial charge in [0.2, 0.25) is 0 Å². The van der Waals surface area contributed by atoms with Crippen LogP contribution in [-0.4, -0.2) is 32.2 Å². The largest absolute Gasteiger partial charge is 0.423 e. The normalized spacial score (nSPS) is 14.2. The van der Waals surface area contributed by atoms with Crippen molar-refractivity contribution >= 4 is 28.3 Å². The Bertz CT molecular complexity index is 1140. The van der Waals surface area contributed by atoms with Crippen LogP contribution in [0.15, 0.2) is 45.6 Å². The highest BCUT2D eigenvalue weighted by Gasteiger charge is 2.16. The van der Waals surface area contributed by atoms with Crippen molar-refractivity contribution in [3.63, 3.8) is 0 Å². The molecule has 1 amide bonds. The van der Waals surface area contributed by atoms with Crippen LogP contribution in [-0.2, 0) is 4.74 Å². The molecule has 0 spiro atoms. The molecule has 0 unspecified atom stereocenters. The van der Waals surface area contributed by atoms with Gasteiger partial charge in [0, 0.05) is 41.5 Å². The van der Waals surface area contributed by atoms with E-state index >= 15 is 0 Å². The summed E-state index contributed by atoms with van der Waals surface area (Å²) in [5.41, 5.74) is 5.31. The lowest BCUT2D eigenvalue weighted by Crippen LogP contribution is -2.36. The van der Waals surface area contributed by atoms with Gasteiger partial charge in [-0.25, -0.2) is 4.79 Å². The Hall–Kier alpha value is -3.12. The first-order valence-electron chi connectivity index (χ1n) is 9.72. The smallest absolute Gasteiger partial charge is 0.336 e. The summed E-state index contributed by atoms with van der Waals surface area (Å²) in [5, 5.41) is 3.80. The van der Waals surface area contributed by atoms with Gasteiger partial charge in [0.15, 0.2) is 0 Å². The summed E-state index contributed by atoms with van der Waals surface area (Å²) in [6.07, 6.45) is 0. The second-order valence-corrected chi connectivity index (χ2v) is 7.47. The number of amides is 1. The molecule has 2 heterocycles. The van der Waals surface area contributed by atoms with Crippen LogP contribution in [0, 0.1) is 20.8 Å². The van der Waals surface area contributed by atoms with Crippen LogP contribution in [0.4, 0.5) is 11.4 Å². The summed E-state index contributed by atoms with van der Waals surface area (Å²) < 4.78 is 10.7. The Morgan fingerprint density at radius 3 is 2.45 bits per heavy atom. The molecule has 6 nitrogen and oxygen atoms in total. The highest BCUT2D eigenvalue weighted by molar-refractivity contribution is 6.06. The lowest BCUT2D eigenvalue weighted by molar-refractivity contribution is 0.102. The summed E-state index contributed by atoms with van der Waals surface area (Å²) in [6.45, 7) is 8.92. The molecule has 0 aliphatic carbocycles. The van der Waals surface area contributed by atoms with Gasteiger partial charge >= 0.3 is 5.63 Å². The molecule has 0 saturated carbocycles. The molecule has 0 bridgehead atoms. The molecule has 1 saturated heterocycles. The quantitative estimate of drug-likeness (QED) is 0.687. The number of hydrogen-bond acceptors (Lipinski definition) is 5. The zero-order valence-corrected chi connectivity index (χ0v) is 16.9. The van der Waals surface area contributed by atoms with E-state index in [1.165, 1.54) is 6.07 Å². The van der Waals surface area contributed by atoms with Gasteiger partial charge < -0.3 is 19.4 Å². The predicted octanol–water partition coefficient (Wildman–Crippen LogP) is 3.81. The molecule has 1 fully saturated rings. The third kappa shape index (κ3) is 3.89. The molecule has 1 aromatic heterocycles. The van der Waals surface area contributed by atoms with E-state index in [0.717, 1.165) is 54.1 Å².